The van der Waals surface area contributed by atoms with Gasteiger partial charge in [0.2, 0.25) is 0 Å². The third-order valence-electron chi connectivity index (χ3n) is 8.82. The predicted molar refractivity (Wildman–Crippen MR) is 193 cm³/mol. The van der Waals surface area contributed by atoms with Gasteiger partial charge in [-0.1, -0.05) is 158 Å². The van der Waals surface area contributed by atoms with Crippen LogP contribution >= 0.6 is 0 Å². The van der Waals surface area contributed by atoms with Crippen molar-refractivity contribution < 1.29 is 0 Å². The lowest BCUT2D eigenvalue weighted by Crippen LogP contribution is -1.96. The highest BCUT2D eigenvalue weighted by molar-refractivity contribution is 6.08. The van der Waals surface area contributed by atoms with Crippen molar-refractivity contribution >= 4 is 27.2 Å². The summed E-state index contributed by atoms with van der Waals surface area (Å²) in [7, 11) is 0. The Morgan fingerprint density at radius 3 is 1.66 bits per heavy atom. The first kappa shape index (κ1) is 27.0. The van der Waals surface area contributed by atoms with Crippen molar-refractivity contribution in [3.63, 3.8) is 0 Å². The van der Waals surface area contributed by atoms with E-state index in [1.807, 2.05) is 30.3 Å². The minimum absolute atomic E-state index is 0.718. The minimum Gasteiger partial charge on any atom is -0.231 e. The van der Waals surface area contributed by atoms with Gasteiger partial charge in [-0.05, 0) is 23.1 Å². The third kappa shape index (κ3) is 4.66. The first-order valence-corrected chi connectivity index (χ1v) is 15.8. The van der Waals surface area contributed by atoms with Crippen molar-refractivity contribution in [1.82, 2.24) is 19.6 Å². The van der Waals surface area contributed by atoms with Crippen LogP contribution in [0.2, 0.25) is 0 Å². The van der Waals surface area contributed by atoms with E-state index >= 15 is 0 Å². The molecule has 0 spiro atoms. The summed E-state index contributed by atoms with van der Waals surface area (Å²) in [5.74, 6) is 0.718. The Kier molecular flexibility index (Phi) is 6.43. The lowest BCUT2D eigenvalue weighted by molar-refractivity contribution is 0.979. The molecule has 9 rings (SSSR count). The first-order chi connectivity index (χ1) is 23.3. The van der Waals surface area contributed by atoms with Crippen molar-refractivity contribution in [3.8, 4) is 56.3 Å². The van der Waals surface area contributed by atoms with Crippen molar-refractivity contribution in [3.05, 3.63) is 170 Å². The van der Waals surface area contributed by atoms with Gasteiger partial charge in [-0.15, -0.1) is 0 Å². The lowest BCUT2D eigenvalue weighted by Gasteiger charge is -2.11. The number of aromatic nitrogens is 4. The van der Waals surface area contributed by atoms with Crippen molar-refractivity contribution in [2.24, 2.45) is 0 Å². The zero-order chi connectivity index (χ0) is 31.2. The first-order valence-electron chi connectivity index (χ1n) is 15.8. The van der Waals surface area contributed by atoms with Crippen LogP contribution in [-0.2, 0) is 0 Å². The zero-order valence-corrected chi connectivity index (χ0v) is 25.5. The average molecular weight is 601 g/mol. The van der Waals surface area contributed by atoms with Crippen LogP contribution in [-0.4, -0.2) is 19.6 Å². The molecule has 0 aliphatic rings. The SMILES string of the molecule is c1ccc(-c2nc(-c3ccc(-c4nn5c(-c6ccccc6)cc6ccccc6c5c4-c4ccccc4)cc3)c3ccccc3n2)cc1. The summed E-state index contributed by atoms with van der Waals surface area (Å²) >= 11 is 0. The zero-order valence-electron chi connectivity index (χ0n) is 25.5. The summed E-state index contributed by atoms with van der Waals surface area (Å²) in [5.41, 5.74) is 11.4. The van der Waals surface area contributed by atoms with E-state index in [0.717, 1.165) is 72.7 Å². The fraction of sp³-hybridized carbons (Fsp3) is 0. The molecular formula is C43H28N4. The predicted octanol–water partition coefficient (Wildman–Crippen LogP) is 10.8. The van der Waals surface area contributed by atoms with E-state index in [0.29, 0.717) is 0 Å². The molecule has 3 heterocycles. The summed E-state index contributed by atoms with van der Waals surface area (Å²) in [6, 6.07) is 59.0. The largest absolute Gasteiger partial charge is 0.231 e. The molecule has 0 unspecified atom stereocenters. The molecule has 0 fully saturated rings. The molecule has 4 nitrogen and oxygen atoms in total. The quantitative estimate of drug-likeness (QED) is 0.197. The van der Waals surface area contributed by atoms with E-state index in [1.165, 1.54) is 10.8 Å². The number of para-hydroxylation sites is 1. The molecule has 9 aromatic rings. The second kappa shape index (κ2) is 11.2. The molecular weight excluding hydrogens is 573 g/mol. The average Bonchev–Trinajstić information content (AvgIpc) is 3.56. The topological polar surface area (TPSA) is 43.1 Å². The molecule has 0 atom stereocenters. The van der Waals surface area contributed by atoms with Gasteiger partial charge in [0.05, 0.1) is 22.4 Å². The number of hydrogen-bond acceptors (Lipinski definition) is 3. The molecule has 3 aromatic heterocycles. The highest BCUT2D eigenvalue weighted by Gasteiger charge is 2.21. The summed E-state index contributed by atoms with van der Waals surface area (Å²) in [4.78, 5) is 9.99. The monoisotopic (exact) mass is 600 g/mol. The van der Waals surface area contributed by atoms with Gasteiger partial charge in [-0.25, -0.2) is 14.5 Å². The molecule has 220 valence electrons. The Bertz CT molecular complexity index is 2540. The van der Waals surface area contributed by atoms with Crippen molar-refractivity contribution in [2.75, 3.05) is 0 Å². The smallest absolute Gasteiger partial charge is 0.160 e. The second-order valence-corrected chi connectivity index (χ2v) is 11.7. The van der Waals surface area contributed by atoms with Crippen LogP contribution in [0.15, 0.2) is 170 Å². The number of nitrogens with zero attached hydrogens (tertiary/aromatic N) is 4. The molecule has 0 bridgehead atoms. The van der Waals surface area contributed by atoms with Gasteiger partial charge in [0, 0.05) is 38.6 Å². The van der Waals surface area contributed by atoms with Crippen LogP contribution in [0.1, 0.15) is 0 Å². The fourth-order valence-electron chi connectivity index (χ4n) is 6.58. The molecule has 0 N–H and O–H groups in total. The summed E-state index contributed by atoms with van der Waals surface area (Å²) < 4.78 is 2.13. The van der Waals surface area contributed by atoms with Gasteiger partial charge in [0.15, 0.2) is 5.82 Å². The van der Waals surface area contributed by atoms with Gasteiger partial charge in [-0.2, -0.15) is 5.10 Å². The molecule has 0 saturated carbocycles. The molecule has 0 saturated heterocycles. The van der Waals surface area contributed by atoms with Crippen LogP contribution < -0.4 is 0 Å². The van der Waals surface area contributed by atoms with E-state index < -0.39 is 0 Å². The standard InChI is InChI=1S/C43H28N4/c1-4-14-29(15-5-1)38-28-34-20-10-11-21-35(34)42-39(30-16-6-2-7-17-30)41(46-47(38)42)32-26-24-31(25-27-32)40-36-22-12-13-23-37(36)44-43(45-40)33-18-8-3-9-19-33/h1-28H. The van der Waals surface area contributed by atoms with Crippen LogP contribution in [0.5, 0.6) is 0 Å². The minimum atomic E-state index is 0.718. The number of fused-ring (bicyclic) bond motifs is 4. The van der Waals surface area contributed by atoms with Gasteiger partial charge >= 0.3 is 0 Å². The Morgan fingerprint density at radius 2 is 0.957 bits per heavy atom. The van der Waals surface area contributed by atoms with E-state index in [4.69, 9.17) is 15.1 Å². The molecule has 0 aliphatic heterocycles. The maximum atomic E-state index is 5.38. The molecule has 6 aromatic carbocycles. The van der Waals surface area contributed by atoms with Gasteiger partial charge < -0.3 is 0 Å². The van der Waals surface area contributed by atoms with E-state index in [1.54, 1.807) is 0 Å². The Hall–Kier alpha value is -6.39. The molecule has 0 amide bonds. The van der Waals surface area contributed by atoms with Gasteiger partial charge in [0.1, 0.15) is 5.69 Å². The van der Waals surface area contributed by atoms with Crippen LogP contribution in [0.4, 0.5) is 0 Å². The van der Waals surface area contributed by atoms with Crippen molar-refractivity contribution in [2.45, 2.75) is 0 Å². The number of hydrogen-bond donors (Lipinski definition) is 0. The molecule has 47 heavy (non-hydrogen) atoms. The Morgan fingerprint density at radius 1 is 0.404 bits per heavy atom. The van der Waals surface area contributed by atoms with Crippen LogP contribution in [0, 0.1) is 0 Å². The number of rotatable bonds is 5. The van der Waals surface area contributed by atoms with Gasteiger partial charge in [0.25, 0.3) is 0 Å². The Balaban J connectivity index is 1.27. The highest BCUT2D eigenvalue weighted by atomic mass is 15.2. The summed E-state index contributed by atoms with van der Waals surface area (Å²) in [5, 5.41) is 8.76. The van der Waals surface area contributed by atoms with Crippen LogP contribution in [0.25, 0.3) is 83.5 Å². The number of benzene rings is 6. The normalized spacial score (nSPS) is 11.4. The summed E-state index contributed by atoms with van der Waals surface area (Å²) in [6.45, 7) is 0. The number of pyridine rings is 1. The van der Waals surface area contributed by atoms with E-state index in [-0.39, 0.29) is 0 Å². The maximum Gasteiger partial charge on any atom is 0.160 e. The second-order valence-electron chi connectivity index (χ2n) is 11.7. The molecule has 4 heteroatoms. The molecule has 0 radical (unpaired) electrons. The third-order valence-corrected chi connectivity index (χ3v) is 8.82. The summed E-state index contributed by atoms with van der Waals surface area (Å²) in [6.07, 6.45) is 0. The maximum absolute atomic E-state index is 5.38. The fourth-order valence-corrected chi connectivity index (χ4v) is 6.58. The molecule has 0 aliphatic carbocycles. The van der Waals surface area contributed by atoms with E-state index in [2.05, 4.69) is 144 Å². The lowest BCUT2D eigenvalue weighted by atomic mass is 9.96. The van der Waals surface area contributed by atoms with Crippen molar-refractivity contribution in [1.29, 1.82) is 0 Å². The van der Waals surface area contributed by atoms with E-state index in [9.17, 15) is 0 Å². The van der Waals surface area contributed by atoms with Crippen LogP contribution in [0.3, 0.4) is 0 Å². The highest BCUT2D eigenvalue weighted by Crippen LogP contribution is 2.41. The Labute approximate surface area is 272 Å². The van der Waals surface area contributed by atoms with Gasteiger partial charge in [-0.3, -0.25) is 0 Å².